The van der Waals surface area contributed by atoms with Gasteiger partial charge in [0.25, 0.3) is 0 Å². The van der Waals surface area contributed by atoms with Crippen LogP contribution in [0.15, 0.2) is 24.3 Å². The highest BCUT2D eigenvalue weighted by Gasteiger charge is 2.40. The van der Waals surface area contributed by atoms with Gasteiger partial charge in [0.1, 0.15) is 11.5 Å². The second-order valence-corrected chi connectivity index (χ2v) is 6.21. The number of methoxy groups -OCH3 is 1. The molecular formula is C18H26O4. The van der Waals surface area contributed by atoms with Crippen molar-refractivity contribution >= 4 is 5.78 Å². The summed E-state index contributed by atoms with van der Waals surface area (Å²) in [5.74, 6) is 0.474. The van der Waals surface area contributed by atoms with Crippen LogP contribution in [0.1, 0.15) is 45.6 Å². The number of aryl methyl sites for hydroxylation is 1. The fourth-order valence-electron chi connectivity index (χ4n) is 2.83. The molecule has 4 nitrogen and oxygen atoms in total. The number of hydrogen-bond donors (Lipinski definition) is 0. The molecular weight excluding hydrogens is 280 g/mol. The predicted octanol–water partition coefficient (Wildman–Crippen LogP) is 3.52. The summed E-state index contributed by atoms with van der Waals surface area (Å²) in [7, 11) is 1.65. The van der Waals surface area contributed by atoms with Crippen molar-refractivity contribution < 1.29 is 19.0 Å². The van der Waals surface area contributed by atoms with Crippen LogP contribution in [-0.4, -0.2) is 30.9 Å². The lowest BCUT2D eigenvalue weighted by Crippen LogP contribution is -2.25. The number of hydrogen-bond acceptors (Lipinski definition) is 4. The first-order chi connectivity index (χ1) is 10.4. The molecule has 22 heavy (non-hydrogen) atoms. The lowest BCUT2D eigenvalue weighted by Gasteiger charge is -2.16. The Balaban J connectivity index is 1.82. The van der Waals surface area contributed by atoms with Crippen molar-refractivity contribution in [2.45, 2.75) is 64.4 Å². The van der Waals surface area contributed by atoms with Gasteiger partial charge in [-0.2, -0.15) is 0 Å². The molecule has 0 spiro atoms. The lowest BCUT2D eigenvalue weighted by atomic mass is 10.0. The molecule has 0 unspecified atom stereocenters. The minimum atomic E-state index is -0.582. The van der Waals surface area contributed by atoms with E-state index in [4.69, 9.17) is 14.2 Å². The third-order valence-corrected chi connectivity index (χ3v) is 3.97. The van der Waals surface area contributed by atoms with Gasteiger partial charge in [-0.25, -0.2) is 0 Å². The molecule has 1 fully saturated rings. The smallest absolute Gasteiger partial charge is 0.163 e. The average molecular weight is 306 g/mol. The summed E-state index contributed by atoms with van der Waals surface area (Å²) in [6.07, 6.45) is 2.46. The van der Waals surface area contributed by atoms with Gasteiger partial charge in [0.2, 0.25) is 0 Å². The third kappa shape index (κ3) is 4.55. The monoisotopic (exact) mass is 306 g/mol. The number of Topliss-reactive ketones (excluding diaryl/α,β-unsaturated/α-hetero) is 1. The molecule has 1 aliphatic heterocycles. The Morgan fingerprint density at radius 2 is 1.82 bits per heavy atom. The second kappa shape index (κ2) is 7.25. The first kappa shape index (κ1) is 17.0. The van der Waals surface area contributed by atoms with E-state index in [0.29, 0.717) is 12.8 Å². The van der Waals surface area contributed by atoms with E-state index in [2.05, 4.69) is 6.92 Å². The molecule has 1 aromatic rings. The summed E-state index contributed by atoms with van der Waals surface area (Å²) in [6, 6.07) is 7.84. The summed E-state index contributed by atoms with van der Waals surface area (Å²) in [5, 5.41) is 0. The first-order valence-corrected chi connectivity index (χ1v) is 7.94. The zero-order valence-corrected chi connectivity index (χ0v) is 13.9. The van der Waals surface area contributed by atoms with Crippen molar-refractivity contribution in [3.05, 3.63) is 29.8 Å². The van der Waals surface area contributed by atoms with Crippen LogP contribution in [-0.2, 0) is 20.7 Å². The van der Waals surface area contributed by atoms with Crippen LogP contribution in [0.25, 0.3) is 0 Å². The van der Waals surface area contributed by atoms with E-state index in [0.717, 1.165) is 24.2 Å². The predicted molar refractivity (Wildman–Crippen MR) is 85.1 cm³/mol. The van der Waals surface area contributed by atoms with E-state index in [1.54, 1.807) is 7.11 Å². The van der Waals surface area contributed by atoms with E-state index in [9.17, 15) is 4.79 Å². The van der Waals surface area contributed by atoms with Crippen molar-refractivity contribution in [1.29, 1.82) is 0 Å². The topological polar surface area (TPSA) is 44.8 Å². The molecule has 0 bridgehead atoms. The molecule has 2 rings (SSSR count). The molecule has 1 aliphatic rings. The van der Waals surface area contributed by atoms with Crippen LogP contribution in [0.3, 0.4) is 0 Å². The summed E-state index contributed by atoms with van der Waals surface area (Å²) in [6.45, 7) is 5.86. The zero-order valence-electron chi connectivity index (χ0n) is 13.9. The summed E-state index contributed by atoms with van der Waals surface area (Å²) < 4.78 is 16.8. The van der Waals surface area contributed by atoms with Crippen molar-refractivity contribution in [2.24, 2.45) is 0 Å². The molecule has 1 saturated heterocycles. The summed E-state index contributed by atoms with van der Waals surface area (Å²) in [4.78, 5) is 12.2. The van der Waals surface area contributed by atoms with Crippen LogP contribution in [0.4, 0.5) is 0 Å². The Hall–Kier alpha value is -1.39. The van der Waals surface area contributed by atoms with Crippen LogP contribution in [0, 0.1) is 0 Å². The Kier molecular flexibility index (Phi) is 5.59. The largest absolute Gasteiger partial charge is 0.497 e. The highest BCUT2D eigenvalue weighted by atomic mass is 16.7. The molecule has 1 heterocycles. The maximum Gasteiger partial charge on any atom is 0.163 e. The number of benzene rings is 1. The van der Waals surface area contributed by atoms with Crippen molar-refractivity contribution in [2.75, 3.05) is 7.11 Å². The van der Waals surface area contributed by atoms with E-state index in [1.807, 2.05) is 38.1 Å². The van der Waals surface area contributed by atoms with Crippen LogP contribution < -0.4 is 4.74 Å². The van der Waals surface area contributed by atoms with E-state index < -0.39 is 5.79 Å². The van der Waals surface area contributed by atoms with Gasteiger partial charge >= 0.3 is 0 Å². The third-order valence-electron chi connectivity index (χ3n) is 3.97. The standard InChI is InChI=1S/C18H26O4/c1-5-16-17(22-18(2,3)21-16)12-14(19)9-6-13-7-10-15(20-4)11-8-13/h7-8,10-11,16-17H,5-6,9,12H2,1-4H3/t16-,17-/m0/s1. The van der Waals surface area contributed by atoms with Gasteiger partial charge in [-0.15, -0.1) is 0 Å². The SMILES string of the molecule is CC[C@@H]1OC(C)(C)O[C@H]1CC(=O)CCc1ccc(OC)cc1. The Bertz CT molecular complexity index is 492. The van der Waals surface area contributed by atoms with Gasteiger partial charge in [-0.1, -0.05) is 19.1 Å². The zero-order chi connectivity index (χ0) is 16.2. The first-order valence-electron chi connectivity index (χ1n) is 7.94. The van der Waals surface area contributed by atoms with Gasteiger partial charge in [0, 0.05) is 12.8 Å². The maximum absolute atomic E-state index is 12.2. The molecule has 4 heteroatoms. The number of carbonyl (C=O) groups is 1. The number of ether oxygens (including phenoxy) is 3. The van der Waals surface area contributed by atoms with Crippen LogP contribution in [0.5, 0.6) is 5.75 Å². The van der Waals surface area contributed by atoms with Gasteiger partial charge in [0.15, 0.2) is 5.79 Å². The molecule has 0 aromatic heterocycles. The molecule has 0 amide bonds. The van der Waals surface area contributed by atoms with E-state index in [1.165, 1.54) is 0 Å². The van der Waals surface area contributed by atoms with Gasteiger partial charge in [0.05, 0.1) is 19.3 Å². The molecule has 1 aromatic carbocycles. The molecule has 122 valence electrons. The molecule has 2 atom stereocenters. The Morgan fingerprint density at radius 3 is 2.41 bits per heavy atom. The number of carbonyl (C=O) groups excluding carboxylic acids is 1. The normalized spacial score (nSPS) is 23.5. The van der Waals surface area contributed by atoms with Crippen molar-refractivity contribution in [3.8, 4) is 5.75 Å². The fourth-order valence-corrected chi connectivity index (χ4v) is 2.83. The summed E-state index contributed by atoms with van der Waals surface area (Å²) in [5.41, 5.74) is 1.14. The van der Waals surface area contributed by atoms with Crippen LogP contribution in [0.2, 0.25) is 0 Å². The molecule has 0 radical (unpaired) electrons. The highest BCUT2D eigenvalue weighted by molar-refractivity contribution is 5.79. The number of ketones is 1. The molecule has 0 saturated carbocycles. The quantitative estimate of drug-likeness (QED) is 0.773. The molecule has 0 N–H and O–H groups in total. The minimum absolute atomic E-state index is 0.0138. The van der Waals surface area contributed by atoms with Gasteiger partial charge in [-0.05, 0) is 44.4 Å². The van der Waals surface area contributed by atoms with Crippen LogP contribution >= 0.6 is 0 Å². The maximum atomic E-state index is 12.2. The van der Waals surface area contributed by atoms with Gasteiger partial charge in [-0.3, -0.25) is 4.79 Å². The Labute approximate surface area is 132 Å². The van der Waals surface area contributed by atoms with Gasteiger partial charge < -0.3 is 14.2 Å². The lowest BCUT2D eigenvalue weighted by molar-refractivity contribution is -0.148. The Morgan fingerprint density at radius 1 is 1.18 bits per heavy atom. The summed E-state index contributed by atoms with van der Waals surface area (Å²) >= 11 is 0. The van der Waals surface area contributed by atoms with Crippen molar-refractivity contribution in [3.63, 3.8) is 0 Å². The number of rotatable bonds is 7. The van der Waals surface area contributed by atoms with E-state index in [-0.39, 0.29) is 18.0 Å². The molecule has 0 aliphatic carbocycles. The minimum Gasteiger partial charge on any atom is -0.497 e. The second-order valence-electron chi connectivity index (χ2n) is 6.21. The average Bonchev–Trinajstić information content (AvgIpc) is 2.79. The fraction of sp³-hybridized carbons (Fsp3) is 0.611. The highest BCUT2D eigenvalue weighted by Crippen LogP contribution is 2.31. The van der Waals surface area contributed by atoms with E-state index >= 15 is 0 Å². The van der Waals surface area contributed by atoms with Crippen molar-refractivity contribution in [1.82, 2.24) is 0 Å².